The van der Waals surface area contributed by atoms with Crippen molar-refractivity contribution in [3.05, 3.63) is 42.3 Å². The molecule has 4 rings (SSSR count). The Bertz CT molecular complexity index is 761. The van der Waals surface area contributed by atoms with Gasteiger partial charge in [0.25, 0.3) is 0 Å². The molecule has 1 saturated heterocycles. The van der Waals surface area contributed by atoms with Gasteiger partial charge in [-0.05, 0) is 37.1 Å². The van der Waals surface area contributed by atoms with E-state index in [0.717, 1.165) is 41.7 Å². The fourth-order valence-corrected chi connectivity index (χ4v) is 3.72. The van der Waals surface area contributed by atoms with Gasteiger partial charge in [0.1, 0.15) is 5.82 Å². The van der Waals surface area contributed by atoms with Gasteiger partial charge in [0.2, 0.25) is 0 Å². The van der Waals surface area contributed by atoms with Crippen LogP contribution in [0, 0.1) is 0 Å². The second-order valence-electron chi connectivity index (χ2n) is 5.99. The number of aromatic nitrogens is 4. The number of rotatable bonds is 5. The van der Waals surface area contributed by atoms with Gasteiger partial charge in [0, 0.05) is 37.9 Å². The summed E-state index contributed by atoms with van der Waals surface area (Å²) >= 11 is 1.65. The fourth-order valence-electron chi connectivity index (χ4n) is 3.04. The van der Waals surface area contributed by atoms with Crippen LogP contribution in [0.1, 0.15) is 25.7 Å². The van der Waals surface area contributed by atoms with E-state index in [2.05, 4.69) is 19.5 Å². The van der Waals surface area contributed by atoms with Gasteiger partial charge in [-0.2, -0.15) is 0 Å². The summed E-state index contributed by atoms with van der Waals surface area (Å²) in [6, 6.07) is 4.04. The Kier molecular flexibility index (Phi) is 4.66. The van der Waals surface area contributed by atoms with Crippen molar-refractivity contribution >= 4 is 11.3 Å². The molecule has 0 aliphatic carbocycles. The molecule has 24 heavy (non-hydrogen) atoms. The van der Waals surface area contributed by atoms with Gasteiger partial charge in [-0.25, -0.2) is 15.0 Å². The maximum Gasteiger partial charge on any atom is 0.169 e. The molecule has 0 saturated carbocycles. The normalized spacial score (nSPS) is 17.9. The summed E-state index contributed by atoms with van der Waals surface area (Å²) in [5, 5.41) is 2.03. The van der Waals surface area contributed by atoms with Crippen molar-refractivity contribution in [1.29, 1.82) is 0 Å². The van der Waals surface area contributed by atoms with Crippen LogP contribution in [0.3, 0.4) is 0 Å². The van der Waals surface area contributed by atoms with Crippen molar-refractivity contribution in [2.24, 2.45) is 0 Å². The quantitative estimate of drug-likeness (QED) is 0.704. The molecule has 4 heterocycles. The Balaban J connectivity index is 1.47. The lowest BCUT2D eigenvalue weighted by Gasteiger charge is -2.22. The van der Waals surface area contributed by atoms with Crippen molar-refractivity contribution < 1.29 is 4.74 Å². The first-order valence-corrected chi connectivity index (χ1v) is 9.27. The zero-order valence-electron chi connectivity index (χ0n) is 13.5. The standard InChI is InChI=1S/C18H20N4OS/c1-2-10-23-15(4-1)6-8-22-9-7-19-18(22)14-12-20-17(21-13-14)16-5-3-11-24-16/h3,5,7,9,11-13,15H,1-2,4,6,8,10H2/t15-/m1/s1. The van der Waals surface area contributed by atoms with Crippen molar-refractivity contribution in [3.63, 3.8) is 0 Å². The molecule has 3 aromatic rings. The fraction of sp³-hybridized carbons (Fsp3) is 0.389. The molecule has 0 spiro atoms. The zero-order chi connectivity index (χ0) is 16.2. The highest BCUT2D eigenvalue weighted by molar-refractivity contribution is 7.13. The molecule has 1 fully saturated rings. The minimum Gasteiger partial charge on any atom is -0.378 e. The van der Waals surface area contributed by atoms with E-state index in [9.17, 15) is 0 Å². The third kappa shape index (κ3) is 3.39. The molecule has 0 radical (unpaired) electrons. The Morgan fingerprint density at radius 3 is 2.88 bits per heavy atom. The van der Waals surface area contributed by atoms with Crippen molar-refractivity contribution in [2.75, 3.05) is 6.61 Å². The summed E-state index contributed by atoms with van der Waals surface area (Å²) in [7, 11) is 0. The smallest absolute Gasteiger partial charge is 0.169 e. The number of thiophene rings is 1. The number of nitrogens with zero attached hydrogens (tertiary/aromatic N) is 4. The van der Waals surface area contributed by atoms with E-state index in [-0.39, 0.29) is 0 Å². The molecule has 124 valence electrons. The summed E-state index contributed by atoms with van der Waals surface area (Å²) in [6.07, 6.45) is 12.6. The predicted molar refractivity (Wildman–Crippen MR) is 94.8 cm³/mol. The molecule has 0 unspecified atom stereocenters. The highest BCUT2D eigenvalue weighted by atomic mass is 32.1. The zero-order valence-corrected chi connectivity index (χ0v) is 14.3. The van der Waals surface area contributed by atoms with Gasteiger partial charge in [-0.15, -0.1) is 11.3 Å². The highest BCUT2D eigenvalue weighted by Crippen LogP contribution is 2.23. The minimum absolute atomic E-state index is 0.381. The number of ether oxygens (including phenoxy) is 1. The lowest BCUT2D eigenvalue weighted by molar-refractivity contribution is 0.00887. The summed E-state index contributed by atoms with van der Waals surface area (Å²) < 4.78 is 7.99. The number of aryl methyl sites for hydroxylation is 1. The molecular weight excluding hydrogens is 320 g/mol. The minimum atomic E-state index is 0.381. The van der Waals surface area contributed by atoms with Crippen LogP contribution in [-0.4, -0.2) is 32.2 Å². The van der Waals surface area contributed by atoms with E-state index < -0.39 is 0 Å². The van der Waals surface area contributed by atoms with Crippen molar-refractivity contribution in [2.45, 2.75) is 38.3 Å². The molecule has 3 aromatic heterocycles. The van der Waals surface area contributed by atoms with Gasteiger partial charge in [0.15, 0.2) is 5.82 Å². The van der Waals surface area contributed by atoms with E-state index in [0.29, 0.717) is 6.10 Å². The Hall–Kier alpha value is -2.05. The van der Waals surface area contributed by atoms with Crippen LogP contribution in [0.4, 0.5) is 0 Å². The van der Waals surface area contributed by atoms with E-state index in [1.807, 2.05) is 42.3 Å². The van der Waals surface area contributed by atoms with Crippen LogP contribution < -0.4 is 0 Å². The first-order chi connectivity index (χ1) is 11.9. The number of imidazole rings is 1. The lowest BCUT2D eigenvalue weighted by atomic mass is 10.1. The van der Waals surface area contributed by atoms with Crippen LogP contribution in [-0.2, 0) is 11.3 Å². The van der Waals surface area contributed by atoms with E-state index in [1.54, 1.807) is 11.3 Å². The van der Waals surface area contributed by atoms with E-state index in [1.165, 1.54) is 19.3 Å². The van der Waals surface area contributed by atoms with Crippen molar-refractivity contribution in [1.82, 2.24) is 19.5 Å². The Morgan fingerprint density at radius 2 is 2.12 bits per heavy atom. The summed E-state index contributed by atoms with van der Waals surface area (Å²) in [5.41, 5.74) is 0.949. The van der Waals surface area contributed by atoms with E-state index >= 15 is 0 Å². The third-order valence-electron chi connectivity index (χ3n) is 4.33. The molecule has 1 atom stereocenters. The molecule has 5 nitrogen and oxygen atoms in total. The summed E-state index contributed by atoms with van der Waals surface area (Å²) in [4.78, 5) is 14.5. The molecule has 6 heteroatoms. The summed E-state index contributed by atoms with van der Waals surface area (Å²) in [6.45, 7) is 1.81. The number of hydrogen-bond acceptors (Lipinski definition) is 5. The van der Waals surface area contributed by atoms with Crippen LogP contribution in [0.15, 0.2) is 42.3 Å². The second-order valence-corrected chi connectivity index (χ2v) is 6.94. The maximum absolute atomic E-state index is 5.82. The lowest BCUT2D eigenvalue weighted by Crippen LogP contribution is -2.20. The first kappa shape index (κ1) is 15.5. The Labute approximate surface area is 145 Å². The first-order valence-electron chi connectivity index (χ1n) is 8.39. The van der Waals surface area contributed by atoms with E-state index in [4.69, 9.17) is 4.74 Å². The highest BCUT2D eigenvalue weighted by Gasteiger charge is 2.15. The predicted octanol–water partition coefficient (Wildman–Crippen LogP) is 4.03. The average molecular weight is 340 g/mol. The van der Waals surface area contributed by atoms with Crippen LogP contribution in [0.25, 0.3) is 22.1 Å². The van der Waals surface area contributed by atoms with Gasteiger partial charge in [-0.3, -0.25) is 0 Å². The molecule has 0 amide bonds. The molecule has 0 bridgehead atoms. The maximum atomic E-state index is 5.82. The van der Waals surface area contributed by atoms with Crippen LogP contribution in [0.5, 0.6) is 0 Å². The van der Waals surface area contributed by atoms with Crippen molar-refractivity contribution in [3.8, 4) is 22.1 Å². The molecule has 1 aliphatic heterocycles. The molecule has 0 N–H and O–H groups in total. The largest absolute Gasteiger partial charge is 0.378 e. The second kappa shape index (κ2) is 7.23. The molecule has 1 aliphatic rings. The Morgan fingerprint density at radius 1 is 1.21 bits per heavy atom. The average Bonchev–Trinajstić information content (AvgIpc) is 3.33. The van der Waals surface area contributed by atoms with Gasteiger partial charge >= 0.3 is 0 Å². The van der Waals surface area contributed by atoms with Gasteiger partial charge < -0.3 is 9.30 Å². The SMILES string of the molecule is c1csc(-c2ncc(-c3nccn3CC[C@H]3CCCCO3)cn2)c1. The summed E-state index contributed by atoms with van der Waals surface area (Å²) in [5.74, 6) is 1.69. The number of hydrogen-bond donors (Lipinski definition) is 0. The monoisotopic (exact) mass is 340 g/mol. The van der Waals surface area contributed by atoms with Crippen LogP contribution >= 0.6 is 11.3 Å². The van der Waals surface area contributed by atoms with Crippen LogP contribution in [0.2, 0.25) is 0 Å². The topological polar surface area (TPSA) is 52.8 Å². The molecule has 0 aromatic carbocycles. The third-order valence-corrected chi connectivity index (χ3v) is 5.20. The molecular formula is C18H20N4OS. The van der Waals surface area contributed by atoms with Gasteiger partial charge in [-0.1, -0.05) is 6.07 Å². The van der Waals surface area contributed by atoms with Gasteiger partial charge in [0.05, 0.1) is 16.5 Å².